The second-order valence-corrected chi connectivity index (χ2v) is 9.49. The summed E-state index contributed by atoms with van der Waals surface area (Å²) < 4.78 is 55.1. The summed E-state index contributed by atoms with van der Waals surface area (Å²) in [4.78, 5) is 25.3. The quantitative estimate of drug-likeness (QED) is 0.232. The third-order valence-corrected chi connectivity index (χ3v) is 6.62. The fraction of sp³-hybridized carbons (Fsp3) is 0.321. The van der Waals surface area contributed by atoms with Crippen LogP contribution in [0.25, 0.3) is 6.08 Å². The van der Waals surface area contributed by atoms with Gasteiger partial charge in [0.1, 0.15) is 0 Å². The first-order valence-corrected chi connectivity index (χ1v) is 12.4. The highest BCUT2D eigenvalue weighted by Gasteiger charge is 2.28. The summed E-state index contributed by atoms with van der Waals surface area (Å²) in [5.41, 5.74) is 1.26. The van der Waals surface area contributed by atoms with E-state index in [-0.39, 0.29) is 23.8 Å². The fourth-order valence-corrected chi connectivity index (χ4v) is 4.50. The smallest absolute Gasteiger partial charge is 0.247 e. The van der Waals surface area contributed by atoms with E-state index >= 15 is 0 Å². The summed E-state index contributed by atoms with van der Waals surface area (Å²) in [7, 11) is 0. The molecule has 38 heavy (non-hydrogen) atoms. The van der Waals surface area contributed by atoms with Crippen LogP contribution in [0.2, 0.25) is 0 Å². The Kier molecular flexibility index (Phi) is 8.73. The van der Waals surface area contributed by atoms with Crippen LogP contribution in [0.15, 0.2) is 55.1 Å². The van der Waals surface area contributed by atoms with Crippen molar-refractivity contribution in [3.8, 4) is 0 Å². The predicted molar refractivity (Wildman–Crippen MR) is 137 cm³/mol. The normalized spacial score (nSPS) is 14.8. The molecule has 0 radical (unpaired) electrons. The highest BCUT2D eigenvalue weighted by Crippen LogP contribution is 2.24. The maximum atomic E-state index is 14.1. The van der Waals surface area contributed by atoms with Crippen LogP contribution in [0.4, 0.5) is 28.9 Å². The molecule has 0 saturated carbocycles. The van der Waals surface area contributed by atoms with Crippen LogP contribution in [-0.4, -0.2) is 50.8 Å². The number of aromatic nitrogens is 2. The average molecular weight is 528 g/mol. The van der Waals surface area contributed by atoms with Gasteiger partial charge in [-0.05, 0) is 62.6 Å². The molecule has 0 spiro atoms. The first-order chi connectivity index (χ1) is 18.2. The predicted octanol–water partition coefficient (Wildman–Crippen LogP) is 5.69. The Bertz CT molecular complexity index is 1310. The van der Waals surface area contributed by atoms with Crippen LogP contribution in [0.1, 0.15) is 37.8 Å². The Labute approximate surface area is 219 Å². The van der Waals surface area contributed by atoms with Gasteiger partial charge in [-0.3, -0.25) is 14.8 Å². The summed E-state index contributed by atoms with van der Waals surface area (Å²) >= 11 is 0. The van der Waals surface area contributed by atoms with Gasteiger partial charge < -0.3 is 15.1 Å². The van der Waals surface area contributed by atoms with Crippen molar-refractivity contribution in [1.82, 2.24) is 19.8 Å². The topological polar surface area (TPSA) is 61.4 Å². The molecule has 1 saturated heterocycles. The molecule has 1 aliphatic rings. The average Bonchev–Trinajstić information content (AvgIpc) is 2.91. The number of halogens is 4. The zero-order valence-corrected chi connectivity index (χ0v) is 21.2. The highest BCUT2D eigenvalue weighted by atomic mass is 19.2. The number of nitrogens with one attached hydrogen (secondary N) is 1. The first kappa shape index (κ1) is 27.3. The van der Waals surface area contributed by atoms with Crippen LogP contribution in [-0.2, 0) is 11.3 Å². The molecule has 0 atom stereocenters. The lowest BCUT2D eigenvalue weighted by Gasteiger charge is -2.39. The molecule has 1 N–H and O–H groups in total. The maximum absolute atomic E-state index is 14.1. The number of hydrogen-bond donors (Lipinski definition) is 1. The van der Waals surface area contributed by atoms with Crippen molar-refractivity contribution in [3.63, 3.8) is 0 Å². The van der Waals surface area contributed by atoms with Gasteiger partial charge in [-0.15, -0.1) is 0 Å². The van der Waals surface area contributed by atoms with Gasteiger partial charge in [-0.1, -0.05) is 0 Å². The molecular weight excluding hydrogens is 498 g/mol. The summed E-state index contributed by atoms with van der Waals surface area (Å²) in [6.07, 6.45) is 9.54. The number of rotatable bonds is 8. The second kappa shape index (κ2) is 12.2. The molecule has 1 fully saturated rings. The number of carbonyl (C=O) groups is 1. The Morgan fingerprint density at radius 3 is 2.53 bits per heavy atom. The molecule has 0 bridgehead atoms. The van der Waals surface area contributed by atoms with Crippen molar-refractivity contribution in [2.75, 3.05) is 18.4 Å². The monoisotopic (exact) mass is 527 g/mol. The molecule has 3 aromatic rings. The summed E-state index contributed by atoms with van der Waals surface area (Å²) in [6, 6.07) is 5.47. The van der Waals surface area contributed by atoms with Crippen molar-refractivity contribution in [2.24, 2.45) is 0 Å². The molecule has 0 unspecified atom stereocenters. The molecule has 1 aliphatic heterocycles. The molecule has 1 aromatic carbocycles. The molecule has 6 nitrogen and oxygen atoms in total. The van der Waals surface area contributed by atoms with Crippen molar-refractivity contribution in [2.45, 2.75) is 45.3 Å². The van der Waals surface area contributed by atoms with Gasteiger partial charge in [-0.2, -0.15) is 0 Å². The summed E-state index contributed by atoms with van der Waals surface area (Å²) in [5.74, 6) is -5.13. The molecule has 3 heterocycles. The number of amides is 1. The standard InChI is InChI=1S/C28H29F4N5O/c1-18(2)36-11-8-22(9-12-36)37(26(38)6-4-20-3-5-23(29)28(32)27(20)31)17-19-13-21(15-34-14-19)35-25-7-10-33-16-24(25)30/h3-7,10,13-16,18,22H,8-9,11-12,17H2,1-2H3,(H,33,35)/b6-4+. The minimum Gasteiger partial charge on any atom is -0.352 e. The molecular formula is C28H29F4N5O. The number of benzene rings is 1. The number of carbonyl (C=O) groups excluding carboxylic acids is 1. The van der Waals surface area contributed by atoms with Crippen molar-refractivity contribution < 1.29 is 22.4 Å². The Balaban J connectivity index is 1.56. The zero-order chi connectivity index (χ0) is 27.2. The maximum Gasteiger partial charge on any atom is 0.247 e. The SMILES string of the molecule is CC(C)N1CCC(N(Cc2cncc(Nc3ccncc3F)c2)C(=O)/C=C/c2ccc(F)c(F)c2F)CC1. The Morgan fingerprint density at radius 2 is 1.82 bits per heavy atom. The number of pyridine rings is 2. The van der Waals surface area contributed by atoms with E-state index in [4.69, 9.17) is 0 Å². The van der Waals surface area contributed by atoms with Gasteiger partial charge in [0, 0.05) is 55.8 Å². The highest BCUT2D eigenvalue weighted by molar-refractivity contribution is 5.92. The number of nitrogens with zero attached hydrogens (tertiary/aromatic N) is 4. The van der Waals surface area contributed by atoms with Crippen molar-refractivity contribution in [1.29, 1.82) is 0 Å². The van der Waals surface area contributed by atoms with Crippen LogP contribution in [0, 0.1) is 23.3 Å². The van der Waals surface area contributed by atoms with E-state index < -0.39 is 29.2 Å². The molecule has 1 amide bonds. The summed E-state index contributed by atoms with van der Waals surface area (Å²) in [6.45, 7) is 6.08. The lowest BCUT2D eigenvalue weighted by molar-refractivity contribution is -0.130. The summed E-state index contributed by atoms with van der Waals surface area (Å²) in [5, 5.41) is 2.97. The first-order valence-electron chi connectivity index (χ1n) is 12.4. The van der Waals surface area contributed by atoms with E-state index in [1.807, 2.05) is 0 Å². The molecule has 10 heteroatoms. The van der Waals surface area contributed by atoms with Crippen LogP contribution >= 0.6 is 0 Å². The van der Waals surface area contributed by atoms with E-state index in [9.17, 15) is 22.4 Å². The number of likely N-dealkylation sites (tertiary alicyclic amines) is 1. The number of anilines is 2. The lowest BCUT2D eigenvalue weighted by Crippen LogP contribution is -2.48. The molecule has 2 aromatic heterocycles. The molecule has 4 rings (SSSR count). The van der Waals surface area contributed by atoms with Gasteiger partial charge in [0.25, 0.3) is 0 Å². The van der Waals surface area contributed by atoms with E-state index in [0.29, 0.717) is 17.3 Å². The van der Waals surface area contributed by atoms with Gasteiger partial charge in [0.05, 0.1) is 23.8 Å². The third kappa shape index (κ3) is 6.55. The van der Waals surface area contributed by atoms with Gasteiger partial charge >= 0.3 is 0 Å². The van der Waals surface area contributed by atoms with Crippen molar-refractivity contribution in [3.05, 3.63) is 89.5 Å². The van der Waals surface area contributed by atoms with E-state index in [1.54, 1.807) is 23.4 Å². The van der Waals surface area contributed by atoms with Crippen molar-refractivity contribution >= 4 is 23.4 Å². The molecule has 200 valence electrons. The number of piperidine rings is 1. The zero-order valence-electron chi connectivity index (χ0n) is 21.2. The second-order valence-electron chi connectivity index (χ2n) is 9.49. The Hall–Kier alpha value is -3.79. The minimum absolute atomic E-state index is 0.0915. The van der Waals surface area contributed by atoms with Crippen LogP contribution < -0.4 is 5.32 Å². The fourth-order valence-electron chi connectivity index (χ4n) is 4.50. The van der Waals surface area contributed by atoms with Gasteiger partial charge in [-0.25, -0.2) is 17.6 Å². The van der Waals surface area contributed by atoms with Crippen LogP contribution in [0.3, 0.4) is 0 Å². The molecule has 0 aliphatic carbocycles. The van der Waals surface area contributed by atoms with E-state index in [2.05, 4.69) is 34.0 Å². The van der Waals surface area contributed by atoms with E-state index in [0.717, 1.165) is 50.3 Å². The number of hydrogen-bond acceptors (Lipinski definition) is 5. The minimum atomic E-state index is -1.58. The Morgan fingerprint density at radius 1 is 1.05 bits per heavy atom. The van der Waals surface area contributed by atoms with Gasteiger partial charge in [0.2, 0.25) is 5.91 Å². The van der Waals surface area contributed by atoms with E-state index in [1.165, 1.54) is 18.3 Å². The van der Waals surface area contributed by atoms with Gasteiger partial charge in [0.15, 0.2) is 23.3 Å². The lowest BCUT2D eigenvalue weighted by atomic mass is 10.0. The largest absolute Gasteiger partial charge is 0.352 e. The van der Waals surface area contributed by atoms with Crippen LogP contribution in [0.5, 0.6) is 0 Å². The third-order valence-electron chi connectivity index (χ3n) is 6.62.